The van der Waals surface area contributed by atoms with Gasteiger partial charge < -0.3 is 10.2 Å². The van der Waals surface area contributed by atoms with Gasteiger partial charge in [0.1, 0.15) is 5.60 Å². The zero-order chi connectivity index (χ0) is 18.2. The van der Waals surface area contributed by atoms with Gasteiger partial charge in [-0.25, -0.2) is 0 Å². The van der Waals surface area contributed by atoms with E-state index >= 15 is 0 Å². The number of aliphatic hydroxyl groups is 2. The number of aliphatic hydroxyl groups excluding tert-OH is 1. The number of hydrogen-bond donors (Lipinski definition) is 2. The van der Waals surface area contributed by atoms with Crippen LogP contribution in [0.4, 0.5) is 0 Å². The van der Waals surface area contributed by atoms with Crippen LogP contribution in [0.5, 0.6) is 0 Å². The smallest absolute Gasteiger partial charge is 0.162 e. The Labute approximate surface area is 151 Å². The SMILES string of the molecule is CC(=O)[C@]1(O)[C@H](C)C[C@H]2[C@@H]3CC=C4C[C@H](O)CC[C@]4(C)[C@H]3CC[C@@]21C. The van der Waals surface area contributed by atoms with Crippen LogP contribution in [0.2, 0.25) is 0 Å². The van der Waals surface area contributed by atoms with Gasteiger partial charge in [-0.3, -0.25) is 4.79 Å². The highest BCUT2D eigenvalue weighted by Gasteiger charge is 2.67. The maximum absolute atomic E-state index is 12.4. The van der Waals surface area contributed by atoms with Crippen LogP contribution in [0.3, 0.4) is 0 Å². The normalized spacial score (nSPS) is 55.0. The molecule has 3 fully saturated rings. The van der Waals surface area contributed by atoms with E-state index in [4.69, 9.17) is 0 Å². The van der Waals surface area contributed by atoms with Crippen molar-refractivity contribution < 1.29 is 15.0 Å². The van der Waals surface area contributed by atoms with Crippen molar-refractivity contribution in [3.63, 3.8) is 0 Å². The van der Waals surface area contributed by atoms with Gasteiger partial charge in [0.25, 0.3) is 0 Å². The number of carbonyl (C=O) groups excluding carboxylic acids is 1. The summed E-state index contributed by atoms with van der Waals surface area (Å²) in [6.45, 7) is 8.26. The van der Waals surface area contributed by atoms with Crippen molar-refractivity contribution in [2.24, 2.45) is 34.5 Å². The van der Waals surface area contributed by atoms with Gasteiger partial charge in [0.2, 0.25) is 0 Å². The van der Waals surface area contributed by atoms with E-state index in [0.29, 0.717) is 17.8 Å². The predicted molar refractivity (Wildman–Crippen MR) is 97.9 cm³/mol. The molecule has 2 N–H and O–H groups in total. The summed E-state index contributed by atoms with van der Waals surface area (Å²) < 4.78 is 0. The van der Waals surface area contributed by atoms with Gasteiger partial charge in [-0.15, -0.1) is 0 Å². The molecule has 4 aliphatic carbocycles. The van der Waals surface area contributed by atoms with Gasteiger partial charge in [-0.1, -0.05) is 32.4 Å². The zero-order valence-electron chi connectivity index (χ0n) is 16.2. The highest BCUT2D eigenvalue weighted by molar-refractivity contribution is 5.86. The molecule has 0 heterocycles. The largest absolute Gasteiger partial charge is 0.393 e. The van der Waals surface area contributed by atoms with Crippen LogP contribution in [-0.4, -0.2) is 27.7 Å². The van der Waals surface area contributed by atoms with Crippen molar-refractivity contribution in [3.05, 3.63) is 11.6 Å². The molecule has 0 aromatic rings. The fourth-order valence-electron chi connectivity index (χ4n) is 7.73. The summed E-state index contributed by atoms with van der Waals surface area (Å²) in [5, 5.41) is 21.5. The Morgan fingerprint density at radius 2 is 1.92 bits per heavy atom. The van der Waals surface area contributed by atoms with Crippen molar-refractivity contribution in [1.29, 1.82) is 0 Å². The van der Waals surface area contributed by atoms with Gasteiger partial charge >= 0.3 is 0 Å². The number of allylic oxidation sites excluding steroid dienone is 1. The first-order chi connectivity index (χ1) is 11.6. The van der Waals surface area contributed by atoms with E-state index in [0.717, 1.165) is 44.9 Å². The van der Waals surface area contributed by atoms with Crippen LogP contribution in [0.15, 0.2) is 11.6 Å². The maximum Gasteiger partial charge on any atom is 0.162 e. The molecule has 8 atom stereocenters. The van der Waals surface area contributed by atoms with E-state index in [2.05, 4.69) is 26.8 Å². The molecule has 0 amide bonds. The summed E-state index contributed by atoms with van der Waals surface area (Å²) in [6.07, 6.45) is 9.15. The minimum absolute atomic E-state index is 0.0394. The topological polar surface area (TPSA) is 57.5 Å². The average molecular weight is 347 g/mol. The first-order valence-corrected chi connectivity index (χ1v) is 10.3. The molecule has 4 aliphatic rings. The molecular formula is C22H34O3. The number of rotatable bonds is 1. The van der Waals surface area contributed by atoms with Crippen molar-refractivity contribution in [3.8, 4) is 0 Å². The first-order valence-electron chi connectivity index (χ1n) is 10.3. The third-order valence-electron chi connectivity index (χ3n) is 9.20. The highest BCUT2D eigenvalue weighted by atomic mass is 16.3. The van der Waals surface area contributed by atoms with Gasteiger partial charge in [0.05, 0.1) is 6.10 Å². The third kappa shape index (κ3) is 2.09. The van der Waals surface area contributed by atoms with E-state index in [1.54, 1.807) is 6.92 Å². The van der Waals surface area contributed by atoms with Crippen molar-refractivity contribution >= 4 is 5.78 Å². The molecule has 25 heavy (non-hydrogen) atoms. The molecule has 3 heteroatoms. The molecule has 3 nitrogen and oxygen atoms in total. The summed E-state index contributed by atoms with van der Waals surface area (Å²) in [5.41, 5.74) is 0.249. The Bertz CT molecular complexity index is 625. The second-order valence-corrected chi connectivity index (χ2v) is 10.1. The Balaban J connectivity index is 1.72. The lowest BCUT2D eigenvalue weighted by molar-refractivity contribution is -0.165. The van der Waals surface area contributed by atoms with Crippen LogP contribution in [-0.2, 0) is 4.79 Å². The second kappa shape index (κ2) is 5.42. The van der Waals surface area contributed by atoms with Crippen molar-refractivity contribution in [2.45, 2.75) is 84.3 Å². The summed E-state index contributed by atoms with van der Waals surface area (Å²) in [7, 11) is 0. The molecule has 0 aromatic carbocycles. The van der Waals surface area contributed by atoms with Crippen LogP contribution in [0, 0.1) is 34.5 Å². The van der Waals surface area contributed by atoms with Crippen LogP contribution >= 0.6 is 0 Å². The minimum Gasteiger partial charge on any atom is -0.393 e. The molecule has 0 bridgehead atoms. The summed E-state index contributed by atoms with van der Waals surface area (Å²) in [6, 6.07) is 0. The van der Waals surface area contributed by atoms with Crippen molar-refractivity contribution in [1.82, 2.24) is 0 Å². The van der Waals surface area contributed by atoms with E-state index in [1.807, 2.05) is 0 Å². The summed E-state index contributed by atoms with van der Waals surface area (Å²) in [5.74, 6) is 1.64. The zero-order valence-corrected chi connectivity index (χ0v) is 16.2. The fourth-order valence-corrected chi connectivity index (χ4v) is 7.73. The van der Waals surface area contributed by atoms with Crippen molar-refractivity contribution in [2.75, 3.05) is 0 Å². The monoisotopic (exact) mass is 346 g/mol. The minimum atomic E-state index is -1.16. The lowest BCUT2D eigenvalue weighted by Crippen LogP contribution is -2.58. The van der Waals surface area contributed by atoms with Crippen LogP contribution in [0.1, 0.15) is 72.6 Å². The molecule has 0 unspecified atom stereocenters. The van der Waals surface area contributed by atoms with Gasteiger partial charge in [-0.05, 0) is 81.0 Å². The predicted octanol–water partition coefficient (Wildman–Crippen LogP) is 3.88. The molecule has 0 saturated heterocycles. The highest BCUT2D eigenvalue weighted by Crippen LogP contribution is 2.68. The lowest BCUT2D eigenvalue weighted by Gasteiger charge is -2.58. The number of fused-ring (bicyclic) bond motifs is 5. The van der Waals surface area contributed by atoms with E-state index in [1.165, 1.54) is 5.57 Å². The Morgan fingerprint density at radius 3 is 2.60 bits per heavy atom. The molecule has 140 valence electrons. The standard InChI is InChI=1S/C22H34O3/c1-13-11-19-17-6-5-15-12-16(24)7-9-20(15,3)18(17)8-10-21(19,4)22(13,25)14(2)23/h5,13,16-19,24-25H,6-12H2,1-4H3/t13-,16-,17-,18+,19+,20+,21+,22-/m1/s1. The average Bonchev–Trinajstić information content (AvgIpc) is 2.77. The molecule has 0 aromatic heterocycles. The van der Waals surface area contributed by atoms with Gasteiger partial charge in [0, 0.05) is 5.41 Å². The molecule has 0 radical (unpaired) electrons. The summed E-state index contributed by atoms with van der Waals surface area (Å²) >= 11 is 0. The maximum atomic E-state index is 12.4. The number of hydrogen-bond acceptors (Lipinski definition) is 3. The van der Waals surface area contributed by atoms with Crippen LogP contribution in [0.25, 0.3) is 0 Å². The molecule has 0 spiro atoms. The van der Waals surface area contributed by atoms with Gasteiger partial charge in [0.15, 0.2) is 5.78 Å². The number of Topliss-reactive ketones (excluding diaryl/α,β-unsaturated/α-hetero) is 1. The van der Waals surface area contributed by atoms with Gasteiger partial charge in [-0.2, -0.15) is 0 Å². The lowest BCUT2D eigenvalue weighted by atomic mass is 9.46. The molecular weight excluding hydrogens is 312 g/mol. The Hall–Kier alpha value is -0.670. The molecule has 3 saturated carbocycles. The molecule has 4 rings (SSSR count). The van der Waals surface area contributed by atoms with E-state index < -0.39 is 5.60 Å². The molecule has 0 aliphatic heterocycles. The van der Waals surface area contributed by atoms with Crippen LogP contribution < -0.4 is 0 Å². The third-order valence-corrected chi connectivity index (χ3v) is 9.20. The Morgan fingerprint density at radius 1 is 1.20 bits per heavy atom. The Kier molecular flexibility index (Phi) is 3.84. The fraction of sp³-hybridized carbons (Fsp3) is 0.864. The second-order valence-electron chi connectivity index (χ2n) is 10.1. The quantitative estimate of drug-likeness (QED) is 0.709. The van der Waals surface area contributed by atoms with E-state index in [9.17, 15) is 15.0 Å². The summed E-state index contributed by atoms with van der Waals surface area (Å²) in [4.78, 5) is 12.4. The number of carbonyl (C=O) groups is 1. The van der Waals surface area contributed by atoms with E-state index in [-0.39, 0.29) is 28.6 Å². The first kappa shape index (κ1) is 17.7. The number of ketones is 1.